The molecule has 0 spiro atoms. The van der Waals surface area contributed by atoms with E-state index in [4.69, 9.17) is 47.6 Å². The van der Waals surface area contributed by atoms with Crippen LogP contribution in [0.15, 0.2) is 72.8 Å². The van der Waals surface area contributed by atoms with Gasteiger partial charge in [0, 0.05) is 29.2 Å². The molecule has 0 heterocycles. The minimum Gasteiger partial charge on any atom is -0.496 e. The predicted octanol–water partition coefficient (Wildman–Crippen LogP) is 2.55. The Hall–Kier alpha value is -8.85. The molecular weight excluding hydrogens is 1050 g/mol. The molecule has 4 aromatic carbocycles. The van der Waals surface area contributed by atoms with Crippen LogP contribution >= 0.6 is 0 Å². The first-order valence-electron chi connectivity index (χ1n) is 26.1. The molecule has 4 atom stereocenters. The molecule has 0 saturated carbocycles. The van der Waals surface area contributed by atoms with Crippen molar-refractivity contribution in [1.29, 1.82) is 0 Å². The lowest BCUT2D eigenvalue weighted by molar-refractivity contribution is -0.137. The highest BCUT2D eigenvalue weighted by atomic mass is 16.5. The van der Waals surface area contributed by atoms with Crippen LogP contribution in [0, 0.1) is 0 Å². The fraction of sp³-hybridized carbons (Fsp3) is 0.400. The third-order valence-corrected chi connectivity index (χ3v) is 12.6. The Balaban J connectivity index is 1.55. The molecule has 0 aromatic heterocycles. The molecule has 26 heteroatoms. The van der Waals surface area contributed by atoms with Crippen LogP contribution in [-0.2, 0) is 24.0 Å². The lowest BCUT2D eigenvalue weighted by atomic mass is 10.1. The van der Waals surface area contributed by atoms with Gasteiger partial charge in [-0.15, -0.1) is 0 Å². The average Bonchev–Trinajstić information content (AvgIpc) is 3.46. The van der Waals surface area contributed by atoms with Crippen molar-refractivity contribution < 1.29 is 67.2 Å². The first-order chi connectivity index (χ1) is 38.8. The van der Waals surface area contributed by atoms with Gasteiger partial charge in [-0.05, 0) is 150 Å². The number of unbranched alkanes of at least 4 members (excludes halogenated alkanes) is 3. The summed E-state index contributed by atoms with van der Waals surface area (Å²) in [5.41, 5.74) is 28.9. The number of aliphatic carboxylic acids is 1. The summed E-state index contributed by atoms with van der Waals surface area (Å²) in [6.45, 7) is 1.07. The summed E-state index contributed by atoms with van der Waals surface area (Å²) < 4.78 is 21.5. The number of primary amides is 1. The predicted molar refractivity (Wildman–Crippen MR) is 302 cm³/mol. The molecule has 8 amide bonds. The van der Waals surface area contributed by atoms with Gasteiger partial charge in [0.25, 0.3) is 23.6 Å². The molecule has 0 unspecified atom stereocenters. The lowest BCUT2D eigenvalue weighted by Gasteiger charge is -2.21. The van der Waals surface area contributed by atoms with Crippen molar-refractivity contribution in [2.75, 3.05) is 69.3 Å². The number of benzene rings is 4. The van der Waals surface area contributed by atoms with E-state index < -0.39 is 83.8 Å². The Morgan fingerprint density at radius 2 is 0.728 bits per heavy atom. The number of ether oxygens (including phenoxy) is 4. The molecule has 18 N–H and O–H groups in total. The Labute approximate surface area is 468 Å². The van der Waals surface area contributed by atoms with Crippen molar-refractivity contribution >= 4 is 76.0 Å². The number of carbonyl (C=O) groups is 9. The van der Waals surface area contributed by atoms with Crippen molar-refractivity contribution in [1.82, 2.24) is 16.0 Å². The molecule has 4 aromatic rings. The van der Waals surface area contributed by atoms with Crippen LogP contribution in [-0.4, -0.2) is 131 Å². The van der Waals surface area contributed by atoms with Crippen molar-refractivity contribution in [2.45, 2.75) is 94.8 Å². The van der Waals surface area contributed by atoms with Crippen molar-refractivity contribution in [2.24, 2.45) is 28.7 Å². The third-order valence-electron chi connectivity index (χ3n) is 12.6. The summed E-state index contributed by atoms with van der Waals surface area (Å²) in [5.74, 6) is -6.70. The van der Waals surface area contributed by atoms with Gasteiger partial charge in [-0.2, -0.15) is 0 Å². The second-order valence-corrected chi connectivity index (χ2v) is 18.5. The molecular formula is C55H74N12O14. The normalized spacial score (nSPS) is 12.2. The molecule has 0 fully saturated rings. The zero-order chi connectivity index (χ0) is 59.6. The molecule has 26 nitrogen and oxygen atoms in total. The van der Waals surface area contributed by atoms with E-state index in [2.05, 4.69) is 37.2 Å². The largest absolute Gasteiger partial charge is 0.496 e. The van der Waals surface area contributed by atoms with Gasteiger partial charge in [-0.1, -0.05) is 6.42 Å². The standard InChI is InChI=1S/C55H74N12O14/c1-78-43-19-14-31(27-35(43)48(60)70)62-55(77)42(18-23-47(68)69)67-51(73)38-30-34(17-22-46(38)81-4)64-54(76)41(13-7-10-26-58)66-50(72)37-29-33(16-21-45(37)80-3)63-53(75)40(12-6-9-25-57)65-49(71)36-28-32(15-20-44(36)79-2)61-52(74)39(59)11-5-8-24-56/h14-17,19-22,27-30,39-42H,5-13,18,23-26,56-59H2,1-4H3,(H2,60,70)(H,61,74)(H,62,77)(H,63,75)(H,64,76)(H,65,71)(H,66,72)(H,67,73)(H,68,69)/t39-,40-,41-,42-/m0/s1. The Bertz CT molecular complexity index is 2870. The number of nitrogens with one attached hydrogen (secondary N) is 7. The van der Waals surface area contributed by atoms with Gasteiger partial charge in [0.2, 0.25) is 23.6 Å². The van der Waals surface area contributed by atoms with Crippen LogP contribution in [0.1, 0.15) is 112 Å². The summed E-state index contributed by atoms with van der Waals surface area (Å²) >= 11 is 0. The average molecular weight is 1130 g/mol. The number of anilines is 4. The van der Waals surface area contributed by atoms with Gasteiger partial charge in [0.05, 0.1) is 56.7 Å². The minimum atomic E-state index is -1.44. The van der Waals surface area contributed by atoms with E-state index in [0.717, 1.165) is 0 Å². The number of carbonyl (C=O) groups excluding carboxylic acids is 8. The van der Waals surface area contributed by atoms with Crippen LogP contribution < -0.4 is 84.8 Å². The SMILES string of the molecule is COc1ccc(NC(=O)[C@H](CCC(=O)O)NC(=O)c2cc(NC(=O)[C@H](CCCCN)NC(=O)c3cc(NC(=O)[C@H](CCCCN)NC(=O)c4cc(NC(=O)[C@@H](N)CCCCN)ccc4OC)ccc3OC)ccc2OC)cc1C(N)=O. The van der Waals surface area contributed by atoms with Crippen LogP contribution in [0.4, 0.5) is 22.7 Å². The zero-order valence-corrected chi connectivity index (χ0v) is 45.8. The Morgan fingerprint density at radius 3 is 1.04 bits per heavy atom. The number of hydrogen-bond acceptors (Lipinski definition) is 17. The number of methoxy groups -OCH3 is 4. The molecule has 4 rings (SSSR count). The molecule has 438 valence electrons. The van der Waals surface area contributed by atoms with E-state index in [1.54, 1.807) is 6.07 Å². The molecule has 0 radical (unpaired) electrons. The van der Waals surface area contributed by atoms with E-state index in [-0.39, 0.29) is 93.8 Å². The van der Waals surface area contributed by atoms with Crippen molar-refractivity contribution in [3.05, 3.63) is 95.1 Å². The first-order valence-corrected chi connectivity index (χ1v) is 26.1. The van der Waals surface area contributed by atoms with Gasteiger partial charge < -0.3 is 89.9 Å². The van der Waals surface area contributed by atoms with Gasteiger partial charge in [-0.3, -0.25) is 43.2 Å². The van der Waals surface area contributed by atoms with Crippen LogP contribution in [0.3, 0.4) is 0 Å². The van der Waals surface area contributed by atoms with Crippen molar-refractivity contribution in [3.63, 3.8) is 0 Å². The monoisotopic (exact) mass is 1130 g/mol. The number of carboxylic acids is 1. The molecule has 0 aliphatic rings. The summed E-state index contributed by atoms with van der Waals surface area (Å²) in [5, 5.41) is 28.2. The molecule has 0 bridgehead atoms. The summed E-state index contributed by atoms with van der Waals surface area (Å²) in [7, 11) is 5.30. The maximum absolute atomic E-state index is 14.2. The van der Waals surface area contributed by atoms with Gasteiger partial charge >= 0.3 is 5.97 Å². The third kappa shape index (κ3) is 19.8. The summed E-state index contributed by atoms with van der Waals surface area (Å²) in [6, 6.07) is 12.2. The van der Waals surface area contributed by atoms with Crippen LogP contribution in [0.5, 0.6) is 23.0 Å². The van der Waals surface area contributed by atoms with E-state index in [9.17, 15) is 48.3 Å². The quantitative estimate of drug-likeness (QED) is 0.0299. The first kappa shape index (κ1) is 64.7. The van der Waals surface area contributed by atoms with E-state index >= 15 is 0 Å². The molecule has 0 aliphatic heterocycles. The van der Waals surface area contributed by atoms with Crippen LogP contribution in [0.2, 0.25) is 0 Å². The topological polar surface area (TPSA) is 425 Å². The smallest absolute Gasteiger partial charge is 0.303 e. The lowest BCUT2D eigenvalue weighted by Crippen LogP contribution is -2.44. The zero-order valence-electron chi connectivity index (χ0n) is 45.8. The van der Waals surface area contributed by atoms with Gasteiger partial charge in [0.1, 0.15) is 41.1 Å². The Kier molecular flexibility index (Phi) is 26.3. The van der Waals surface area contributed by atoms with Gasteiger partial charge in [-0.25, -0.2) is 0 Å². The van der Waals surface area contributed by atoms with E-state index in [1.807, 2.05) is 0 Å². The summed E-state index contributed by atoms with van der Waals surface area (Å²) in [4.78, 5) is 120. The number of carboxylic acid groups (broad SMARTS) is 1. The highest BCUT2D eigenvalue weighted by Gasteiger charge is 2.29. The summed E-state index contributed by atoms with van der Waals surface area (Å²) in [6.07, 6.45) is 3.00. The second-order valence-electron chi connectivity index (χ2n) is 18.5. The van der Waals surface area contributed by atoms with E-state index in [0.29, 0.717) is 58.0 Å². The second kappa shape index (κ2) is 32.9. The Morgan fingerprint density at radius 1 is 0.432 bits per heavy atom. The van der Waals surface area contributed by atoms with Crippen LogP contribution in [0.25, 0.3) is 0 Å². The fourth-order valence-corrected chi connectivity index (χ4v) is 8.20. The molecule has 81 heavy (non-hydrogen) atoms. The fourth-order valence-electron chi connectivity index (χ4n) is 8.20. The molecule has 0 saturated heterocycles. The molecule has 0 aliphatic carbocycles. The maximum Gasteiger partial charge on any atom is 0.303 e. The number of amides is 8. The van der Waals surface area contributed by atoms with Crippen molar-refractivity contribution in [3.8, 4) is 23.0 Å². The number of rotatable bonds is 34. The maximum atomic E-state index is 14.2. The number of nitrogens with two attached hydrogens (primary N) is 5. The van der Waals surface area contributed by atoms with Gasteiger partial charge in [0.15, 0.2) is 0 Å². The highest BCUT2D eigenvalue weighted by Crippen LogP contribution is 2.28. The minimum absolute atomic E-state index is 0.0175. The number of hydrogen-bond donors (Lipinski definition) is 13. The highest BCUT2D eigenvalue weighted by molar-refractivity contribution is 6.07. The van der Waals surface area contributed by atoms with E-state index in [1.165, 1.54) is 95.2 Å².